The molecule has 7 heteroatoms. The first kappa shape index (κ1) is 15.4. The number of ether oxygens (including phenoxy) is 2. The van der Waals surface area contributed by atoms with E-state index >= 15 is 0 Å². The first-order valence-electron chi connectivity index (χ1n) is 6.50. The summed E-state index contributed by atoms with van der Waals surface area (Å²) in [6.07, 6.45) is 1.33. The van der Waals surface area contributed by atoms with Crippen LogP contribution in [0.25, 0.3) is 0 Å². The molecule has 0 unspecified atom stereocenters. The van der Waals surface area contributed by atoms with Crippen molar-refractivity contribution in [3.05, 3.63) is 63.8 Å². The van der Waals surface area contributed by atoms with E-state index in [0.717, 1.165) is 11.1 Å². The van der Waals surface area contributed by atoms with E-state index < -0.39 is 4.92 Å². The summed E-state index contributed by atoms with van der Waals surface area (Å²) in [7, 11) is 0. The number of aromatic nitrogens is 1. The van der Waals surface area contributed by atoms with Crippen molar-refractivity contribution in [1.29, 1.82) is 0 Å². The average Bonchev–Trinajstić information content (AvgIpc) is 2.51. The second-order valence-electron chi connectivity index (χ2n) is 4.42. The quantitative estimate of drug-likeness (QED) is 0.463. The molecule has 0 aliphatic carbocycles. The number of carbonyl (C=O) groups is 1. The van der Waals surface area contributed by atoms with Crippen LogP contribution in [-0.2, 0) is 22.7 Å². The number of hydrogen-bond donors (Lipinski definition) is 0. The lowest BCUT2D eigenvalue weighted by Gasteiger charge is -2.11. The Bertz CT molecular complexity index is 687. The smallest absolute Gasteiger partial charge is 0.406 e. The number of nitro groups is 1. The van der Waals surface area contributed by atoms with Crippen LogP contribution in [0.3, 0.4) is 0 Å². The predicted molar refractivity (Wildman–Crippen MR) is 77.1 cm³/mol. The summed E-state index contributed by atoms with van der Waals surface area (Å²) in [4.78, 5) is 24.9. The van der Waals surface area contributed by atoms with E-state index in [4.69, 9.17) is 9.47 Å². The summed E-state index contributed by atoms with van der Waals surface area (Å²) in [6, 6.07) is 10.3. The maximum Gasteiger partial charge on any atom is 0.406 e. The van der Waals surface area contributed by atoms with Gasteiger partial charge in [0.25, 0.3) is 0 Å². The first-order valence-corrected chi connectivity index (χ1v) is 6.50. The lowest BCUT2D eigenvalue weighted by Crippen LogP contribution is -2.05. The zero-order chi connectivity index (χ0) is 15.9. The fraction of sp³-hybridized carbons (Fsp3) is 0.200. The lowest BCUT2D eigenvalue weighted by molar-refractivity contribution is -0.390. The van der Waals surface area contributed by atoms with Crippen molar-refractivity contribution in [2.24, 2.45) is 0 Å². The summed E-state index contributed by atoms with van der Waals surface area (Å²) >= 11 is 0. The third kappa shape index (κ3) is 4.02. The van der Waals surface area contributed by atoms with Crippen LogP contribution >= 0.6 is 0 Å². The highest BCUT2D eigenvalue weighted by Gasteiger charge is 2.16. The van der Waals surface area contributed by atoms with Crippen molar-refractivity contribution in [2.75, 3.05) is 0 Å². The van der Waals surface area contributed by atoms with Gasteiger partial charge in [0.2, 0.25) is 5.75 Å². The van der Waals surface area contributed by atoms with Crippen LogP contribution in [-0.4, -0.2) is 15.9 Å². The molecular weight excluding hydrogens is 288 g/mol. The number of rotatable bonds is 6. The minimum absolute atomic E-state index is 0.0924. The normalized spacial score (nSPS) is 10.0. The van der Waals surface area contributed by atoms with E-state index in [2.05, 4.69) is 4.98 Å². The fourth-order valence-corrected chi connectivity index (χ4v) is 1.81. The third-order valence-electron chi connectivity index (χ3n) is 2.86. The van der Waals surface area contributed by atoms with Crippen LogP contribution in [0.4, 0.5) is 5.82 Å². The van der Waals surface area contributed by atoms with Gasteiger partial charge in [0.1, 0.15) is 19.4 Å². The van der Waals surface area contributed by atoms with Gasteiger partial charge in [0.05, 0.1) is 0 Å². The highest BCUT2D eigenvalue weighted by molar-refractivity contribution is 5.65. The topological polar surface area (TPSA) is 91.6 Å². The summed E-state index contributed by atoms with van der Waals surface area (Å²) in [5.74, 6) is -0.617. The molecule has 0 aliphatic rings. The minimum atomic E-state index is -0.597. The molecule has 0 saturated heterocycles. The second-order valence-corrected chi connectivity index (χ2v) is 4.42. The van der Waals surface area contributed by atoms with Crippen molar-refractivity contribution < 1.29 is 19.2 Å². The van der Waals surface area contributed by atoms with Crippen LogP contribution in [0.15, 0.2) is 42.6 Å². The van der Waals surface area contributed by atoms with Gasteiger partial charge in [-0.05, 0) is 33.2 Å². The van der Waals surface area contributed by atoms with Gasteiger partial charge in [-0.3, -0.25) is 4.79 Å². The predicted octanol–water partition coefficient (Wildman–Crippen LogP) is 2.63. The summed E-state index contributed by atoms with van der Waals surface area (Å²) in [5.41, 5.74) is 1.56. The Kier molecular flexibility index (Phi) is 5.02. The number of carbonyl (C=O) groups excluding carboxylic acids is 1. The lowest BCUT2D eigenvalue weighted by atomic mass is 10.1. The molecule has 0 amide bonds. The van der Waals surface area contributed by atoms with Crippen molar-refractivity contribution >= 4 is 11.8 Å². The van der Waals surface area contributed by atoms with Gasteiger partial charge in [0, 0.05) is 6.92 Å². The molecule has 1 aromatic carbocycles. The SMILES string of the molecule is CC(=O)OCc1ccccc1COc1cccnc1[N+](=O)[O-]. The van der Waals surface area contributed by atoms with Gasteiger partial charge in [-0.2, -0.15) is 0 Å². The Morgan fingerprint density at radius 1 is 1.18 bits per heavy atom. The van der Waals surface area contributed by atoms with E-state index in [0.29, 0.717) is 0 Å². The molecule has 7 nitrogen and oxygen atoms in total. The summed E-state index contributed by atoms with van der Waals surface area (Å²) < 4.78 is 10.5. The monoisotopic (exact) mass is 302 g/mol. The number of esters is 1. The Labute approximate surface area is 126 Å². The van der Waals surface area contributed by atoms with Gasteiger partial charge in [-0.1, -0.05) is 24.3 Å². The molecule has 0 atom stereocenters. The molecule has 1 heterocycles. The molecule has 22 heavy (non-hydrogen) atoms. The van der Waals surface area contributed by atoms with E-state index in [1.54, 1.807) is 18.2 Å². The molecule has 0 N–H and O–H groups in total. The van der Waals surface area contributed by atoms with E-state index in [1.807, 2.05) is 12.1 Å². The zero-order valence-corrected chi connectivity index (χ0v) is 11.9. The first-order chi connectivity index (χ1) is 10.6. The Hall–Kier alpha value is -2.96. The van der Waals surface area contributed by atoms with E-state index in [9.17, 15) is 14.9 Å². The number of pyridine rings is 1. The van der Waals surface area contributed by atoms with E-state index in [1.165, 1.54) is 19.2 Å². The molecule has 0 fully saturated rings. The average molecular weight is 302 g/mol. The zero-order valence-electron chi connectivity index (χ0n) is 11.9. The highest BCUT2D eigenvalue weighted by atomic mass is 16.6. The van der Waals surface area contributed by atoms with Gasteiger partial charge in [0.15, 0.2) is 0 Å². The molecule has 0 spiro atoms. The van der Waals surface area contributed by atoms with Crippen LogP contribution in [0.1, 0.15) is 18.1 Å². The molecule has 114 valence electrons. The van der Waals surface area contributed by atoms with E-state index in [-0.39, 0.29) is 30.8 Å². The third-order valence-corrected chi connectivity index (χ3v) is 2.86. The molecule has 0 radical (unpaired) electrons. The molecular formula is C15H14N2O5. The summed E-state index contributed by atoms with van der Waals surface area (Å²) in [5, 5.41) is 10.9. The molecule has 2 rings (SSSR count). The van der Waals surface area contributed by atoms with Crippen LogP contribution in [0.2, 0.25) is 0 Å². The van der Waals surface area contributed by atoms with Crippen LogP contribution in [0.5, 0.6) is 5.75 Å². The number of benzene rings is 1. The Morgan fingerprint density at radius 3 is 2.50 bits per heavy atom. The molecule has 0 aliphatic heterocycles. The molecule has 2 aromatic rings. The highest BCUT2D eigenvalue weighted by Crippen LogP contribution is 2.24. The Morgan fingerprint density at radius 2 is 1.86 bits per heavy atom. The van der Waals surface area contributed by atoms with Gasteiger partial charge in [-0.25, -0.2) is 0 Å². The van der Waals surface area contributed by atoms with Gasteiger partial charge in [-0.15, -0.1) is 0 Å². The van der Waals surface area contributed by atoms with Crippen molar-refractivity contribution in [3.8, 4) is 5.75 Å². The van der Waals surface area contributed by atoms with Gasteiger partial charge >= 0.3 is 11.8 Å². The molecule has 0 bridgehead atoms. The summed E-state index contributed by atoms with van der Waals surface area (Å²) in [6.45, 7) is 1.58. The molecule has 1 aromatic heterocycles. The largest absolute Gasteiger partial charge is 0.481 e. The van der Waals surface area contributed by atoms with Crippen molar-refractivity contribution in [3.63, 3.8) is 0 Å². The van der Waals surface area contributed by atoms with Crippen molar-refractivity contribution in [2.45, 2.75) is 20.1 Å². The fourth-order valence-electron chi connectivity index (χ4n) is 1.81. The molecule has 0 saturated carbocycles. The second kappa shape index (κ2) is 7.16. The number of hydrogen-bond acceptors (Lipinski definition) is 6. The minimum Gasteiger partial charge on any atom is -0.481 e. The Balaban J connectivity index is 2.12. The van der Waals surface area contributed by atoms with Gasteiger partial charge < -0.3 is 19.6 Å². The van der Waals surface area contributed by atoms with Crippen molar-refractivity contribution in [1.82, 2.24) is 4.98 Å². The number of nitrogens with zero attached hydrogens (tertiary/aromatic N) is 2. The van der Waals surface area contributed by atoms with Crippen LogP contribution < -0.4 is 4.74 Å². The maximum absolute atomic E-state index is 10.9. The standard InChI is InChI=1S/C15H14N2O5/c1-11(18)21-9-12-5-2-3-6-13(12)10-22-14-7-4-8-16-15(14)17(19)20/h2-8H,9-10H2,1H3. The van der Waals surface area contributed by atoms with Crippen LogP contribution in [0, 0.1) is 10.1 Å². The maximum atomic E-state index is 10.9.